The summed E-state index contributed by atoms with van der Waals surface area (Å²) in [4.78, 5) is 31.3. The van der Waals surface area contributed by atoms with E-state index in [1.807, 2.05) is 0 Å². The van der Waals surface area contributed by atoms with Crippen molar-refractivity contribution in [2.24, 2.45) is 0 Å². The number of ether oxygens (including phenoxy) is 3. The van der Waals surface area contributed by atoms with Crippen molar-refractivity contribution in [2.75, 3.05) is 27.3 Å². The number of nitrogens with zero attached hydrogens (tertiary/aromatic N) is 2. The highest BCUT2D eigenvalue weighted by molar-refractivity contribution is 6.01. The van der Waals surface area contributed by atoms with Crippen LogP contribution in [0.25, 0.3) is 0 Å². The molecule has 0 bridgehead atoms. The van der Waals surface area contributed by atoms with Crippen molar-refractivity contribution in [1.29, 1.82) is 0 Å². The van der Waals surface area contributed by atoms with Crippen LogP contribution in [0, 0.1) is 0 Å². The molecular formula is C21H22N2O5. The van der Waals surface area contributed by atoms with Gasteiger partial charge in [0.2, 0.25) is 5.75 Å². The number of rotatable bonds is 3. The van der Waals surface area contributed by atoms with Crippen LogP contribution < -0.4 is 14.2 Å². The Morgan fingerprint density at radius 2 is 1.93 bits per heavy atom. The van der Waals surface area contributed by atoms with Gasteiger partial charge in [-0.25, -0.2) is 0 Å². The first-order chi connectivity index (χ1) is 13.6. The van der Waals surface area contributed by atoms with Gasteiger partial charge in [0.1, 0.15) is 11.3 Å². The molecule has 0 N–H and O–H groups in total. The highest BCUT2D eigenvalue weighted by atomic mass is 16.5. The fourth-order valence-electron chi connectivity index (χ4n) is 3.91. The van der Waals surface area contributed by atoms with Gasteiger partial charge in [0, 0.05) is 32.1 Å². The summed E-state index contributed by atoms with van der Waals surface area (Å²) in [5.41, 5.74) is 0.302. The normalized spacial score (nSPS) is 17.6. The Balaban J connectivity index is 1.55. The van der Waals surface area contributed by atoms with E-state index in [9.17, 15) is 9.59 Å². The van der Waals surface area contributed by atoms with E-state index in [1.165, 1.54) is 7.11 Å². The van der Waals surface area contributed by atoms with Crippen molar-refractivity contribution in [3.8, 4) is 17.2 Å². The van der Waals surface area contributed by atoms with E-state index in [0.29, 0.717) is 60.9 Å². The van der Waals surface area contributed by atoms with Crippen molar-refractivity contribution >= 4 is 11.7 Å². The van der Waals surface area contributed by atoms with Gasteiger partial charge in [-0.2, -0.15) is 0 Å². The Hall–Kier alpha value is -3.09. The van der Waals surface area contributed by atoms with Crippen molar-refractivity contribution in [3.05, 3.63) is 47.8 Å². The van der Waals surface area contributed by atoms with Crippen LogP contribution in [0.4, 0.5) is 0 Å². The third kappa shape index (κ3) is 3.06. The Labute approximate surface area is 163 Å². The van der Waals surface area contributed by atoms with E-state index >= 15 is 0 Å². The van der Waals surface area contributed by atoms with Crippen LogP contribution >= 0.6 is 0 Å². The SMILES string of the molecule is COc1ccc2c(c1OC)OC1(CCN(C(=O)c3ccccn3)CC1)CC2=O. The quantitative estimate of drug-likeness (QED) is 0.812. The zero-order valence-corrected chi connectivity index (χ0v) is 15.9. The monoisotopic (exact) mass is 382 g/mol. The molecule has 1 fully saturated rings. The largest absolute Gasteiger partial charge is 0.493 e. The van der Waals surface area contributed by atoms with E-state index in [4.69, 9.17) is 14.2 Å². The molecule has 0 unspecified atom stereocenters. The van der Waals surface area contributed by atoms with Gasteiger partial charge in [-0.3, -0.25) is 14.6 Å². The molecule has 3 heterocycles. The molecule has 0 atom stereocenters. The lowest BCUT2D eigenvalue weighted by Gasteiger charge is -2.44. The first-order valence-corrected chi connectivity index (χ1v) is 9.24. The molecule has 2 aliphatic heterocycles. The molecule has 1 spiro atoms. The number of hydrogen-bond donors (Lipinski definition) is 0. The van der Waals surface area contributed by atoms with Gasteiger partial charge in [-0.15, -0.1) is 0 Å². The average Bonchev–Trinajstić information content (AvgIpc) is 2.73. The number of aromatic nitrogens is 1. The van der Waals surface area contributed by atoms with Crippen LogP contribution in [0.2, 0.25) is 0 Å². The van der Waals surface area contributed by atoms with Crippen LogP contribution in [0.1, 0.15) is 40.1 Å². The van der Waals surface area contributed by atoms with Gasteiger partial charge in [0.05, 0.1) is 26.2 Å². The Morgan fingerprint density at radius 3 is 2.57 bits per heavy atom. The maximum Gasteiger partial charge on any atom is 0.272 e. The standard InChI is InChI=1S/C21H22N2O5/c1-26-17-7-6-14-16(24)13-21(28-18(14)19(17)27-2)8-11-23(12-9-21)20(25)15-5-3-4-10-22-15/h3-7,10H,8-9,11-13H2,1-2H3. The average molecular weight is 382 g/mol. The number of pyridine rings is 1. The van der Waals surface area contributed by atoms with E-state index < -0.39 is 5.60 Å². The number of carbonyl (C=O) groups is 2. The van der Waals surface area contributed by atoms with Crippen LogP contribution in [0.5, 0.6) is 17.2 Å². The molecule has 1 aromatic heterocycles. The maximum atomic E-state index is 12.8. The van der Waals surface area contributed by atoms with E-state index in [0.717, 1.165) is 0 Å². The fourth-order valence-corrected chi connectivity index (χ4v) is 3.91. The molecule has 146 valence electrons. The zero-order valence-electron chi connectivity index (χ0n) is 15.9. The predicted molar refractivity (Wildman–Crippen MR) is 101 cm³/mol. The summed E-state index contributed by atoms with van der Waals surface area (Å²) < 4.78 is 17.1. The van der Waals surface area contributed by atoms with Crippen LogP contribution in [-0.4, -0.2) is 54.5 Å². The molecule has 1 saturated heterocycles. The van der Waals surface area contributed by atoms with Crippen molar-refractivity contribution in [1.82, 2.24) is 9.88 Å². The van der Waals surface area contributed by atoms with Crippen molar-refractivity contribution in [2.45, 2.75) is 24.9 Å². The molecule has 2 aromatic rings. The lowest BCUT2D eigenvalue weighted by molar-refractivity contribution is -0.00759. The van der Waals surface area contributed by atoms with E-state index in [1.54, 1.807) is 48.5 Å². The molecule has 7 heteroatoms. The first kappa shape index (κ1) is 18.3. The van der Waals surface area contributed by atoms with Gasteiger partial charge < -0.3 is 19.1 Å². The Kier molecular flexibility index (Phi) is 4.66. The minimum absolute atomic E-state index is 0.0201. The number of piperidine rings is 1. The fraction of sp³-hybridized carbons (Fsp3) is 0.381. The highest BCUT2D eigenvalue weighted by Crippen LogP contribution is 2.47. The topological polar surface area (TPSA) is 78.0 Å². The molecule has 1 amide bonds. The van der Waals surface area contributed by atoms with Gasteiger partial charge in [0.25, 0.3) is 5.91 Å². The summed E-state index contributed by atoms with van der Waals surface area (Å²) in [6.07, 6.45) is 3.04. The molecule has 0 radical (unpaired) electrons. The summed E-state index contributed by atoms with van der Waals surface area (Å²) in [5, 5.41) is 0. The minimum atomic E-state index is -0.634. The van der Waals surface area contributed by atoms with E-state index in [-0.39, 0.29) is 11.7 Å². The number of methoxy groups -OCH3 is 2. The summed E-state index contributed by atoms with van der Waals surface area (Å²) in [6.45, 7) is 1.01. The molecule has 28 heavy (non-hydrogen) atoms. The van der Waals surface area contributed by atoms with Crippen molar-refractivity contribution in [3.63, 3.8) is 0 Å². The maximum absolute atomic E-state index is 12.8. The lowest BCUT2D eigenvalue weighted by Crippen LogP contribution is -2.52. The summed E-state index contributed by atoms with van der Waals surface area (Å²) in [5.74, 6) is 1.31. The smallest absolute Gasteiger partial charge is 0.272 e. The third-order valence-corrected chi connectivity index (χ3v) is 5.45. The molecular weight excluding hydrogens is 360 g/mol. The van der Waals surface area contributed by atoms with E-state index in [2.05, 4.69) is 4.98 Å². The Bertz CT molecular complexity index is 905. The molecule has 0 aliphatic carbocycles. The molecule has 0 saturated carbocycles. The van der Waals surface area contributed by atoms with Gasteiger partial charge in [-0.1, -0.05) is 6.07 Å². The van der Waals surface area contributed by atoms with Gasteiger partial charge >= 0.3 is 0 Å². The number of hydrogen-bond acceptors (Lipinski definition) is 6. The number of amides is 1. The summed E-state index contributed by atoms with van der Waals surface area (Å²) >= 11 is 0. The van der Waals surface area contributed by atoms with Crippen LogP contribution in [0.3, 0.4) is 0 Å². The number of likely N-dealkylation sites (tertiary alicyclic amines) is 1. The first-order valence-electron chi connectivity index (χ1n) is 9.24. The lowest BCUT2D eigenvalue weighted by atomic mass is 9.82. The number of benzene rings is 1. The second kappa shape index (κ2) is 7.14. The van der Waals surface area contributed by atoms with Gasteiger partial charge in [-0.05, 0) is 24.3 Å². The number of Topliss-reactive ketones (excluding diaryl/α,β-unsaturated/α-hetero) is 1. The molecule has 2 aliphatic rings. The van der Waals surface area contributed by atoms with Crippen molar-refractivity contribution < 1.29 is 23.8 Å². The molecule has 1 aromatic carbocycles. The summed E-state index contributed by atoms with van der Waals surface area (Å²) in [6, 6.07) is 8.71. The van der Waals surface area contributed by atoms with Crippen LogP contribution in [0.15, 0.2) is 36.5 Å². The minimum Gasteiger partial charge on any atom is -0.493 e. The number of carbonyl (C=O) groups excluding carboxylic acids is 2. The number of fused-ring (bicyclic) bond motifs is 1. The molecule has 7 nitrogen and oxygen atoms in total. The molecule has 4 rings (SSSR count). The van der Waals surface area contributed by atoms with Gasteiger partial charge in [0.15, 0.2) is 17.3 Å². The predicted octanol–water partition coefficient (Wildman–Crippen LogP) is 2.74. The third-order valence-electron chi connectivity index (χ3n) is 5.45. The summed E-state index contributed by atoms with van der Waals surface area (Å²) in [7, 11) is 3.08. The van der Waals surface area contributed by atoms with Crippen LogP contribution in [-0.2, 0) is 0 Å². The second-order valence-corrected chi connectivity index (χ2v) is 7.07. The Morgan fingerprint density at radius 1 is 1.14 bits per heavy atom. The number of ketones is 1. The second-order valence-electron chi connectivity index (χ2n) is 7.07. The highest BCUT2D eigenvalue weighted by Gasteiger charge is 2.45. The zero-order chi connectivity index (χ0) is 19.7.